The van der Waals surface area contributed by atoms with E-state index >= 15 is 0 Å². The number of aromatic nitrogens is 2. The summed E-state index contributed by atoms with van der Waals surface area (Å²) in [5.41, 5.74) is 0.808. The van der Waals surface area contributed by atoms with Gasteiger partial charge >= 0.3 is 0 Å². The summed E-state index contributed by atoms with van der Waals surface area (Å²) in [5, 5.41) is 3.05. The molecule has 0 aliphatic rings. The van der Waals surface area contributed by atoms with Gasteiger partial charge in [-0.1, -0.05) is 0 Å². The smallest absolute Gasteiger partial charge is 0.157 e. The van der Waals surface area contributed by atoms with E-state index in [0.717, 1.165) is 6.07 Å². The molecule has 0 spiro atoms. The maximum atomic E-state index is 13.3. The van der Waals surface area contributed by atoms with E-state index in [1.165, 1.54) is 19.2 Å². The maximum absolute atomic E-state index is 13.3. The molecule has 0 saturated heterocycles. The molecule has 0 aliphatic carbocycles. The van der Waals surface area contributed by atoms with Crippen LogP contribution in [0, 0.1) is 11.6 Å². The molecule has 6 heteroatoms. The Kier molecular flexibility index (Phi) is 4.57. The molecule has 0 radical (unpaired) electrons. The third-order valence-electron chi connectivity index (χ3n) is 2.56. The predicted octanol–water partition coefficient (Wildman–Crippen LogP) is 3.00. The Morgan fingerprint density at radius 1 is 1.10 bits per heavy atom. The molecular weight excluding hydrogens is 264 g/mol. The number of methoxy groups -OCH3 is 1. The van der Waals surface area contributed by atoms with Crippen LogP contribution in [0.15, 0.2) is 24.3 Å². The number of hydrogen-bond acceptors (Lipinski definition) is 4. The van der Waals surface area contributed by atoms with Crippen molar-refractivity contribution in [2.24, 2.45) is 0 Å². The van der Waals surface area contributed by atoms with Crippen LogP contribution in [0.2, 0.25) is 0 Å². The van der Waals surface area contributed by atoms with Crippen molar-refractivity contribution in [2.75, 3.05) is 19.0 Å². The molecule has 2 aromatic rings. The predicted molar refractivity (Wildman–Crippen MR) is 72.3 cm³/mol. The first-order valence-electron chi connectivity index (χ1n) is 6.19. The normalized spacial score (nSPS) is 10.6. The zero-order valence-corrected chi connectivity index (χ0v) is 11.3. The van der Waals surface area contributed by atoms with Gasteiger partial charge in [0.15, 0.2) is 5.82 Å². The fourth-order valence-corrected chi connectivity index (χ4v) is 1.81. The zero-order valence-electron chi connectivity index (χ0n) is 11.3. The first kappa shape index (κ1) is 14.3. The Morgan fingerprint density at radius 3 is 2.40 bits per heavy atom. The number of nitrogens with one attached hydrogen (secondary N) is 1. The van der Waals surface area contributed by atoms with E-state index in [9.17, 15) is 8.78 Å². The first-order valence-corrected chi connectivity index (χ1v) is 6.19. The topological polar surface area (TPSA) is 47.0 Å². The molecule has 0 unspecified atom stereocenters. The van der Waals surface area contributed by atoms with Gasteiger partial charge in [-0.25, -0.2) is 18.7 Å². The summed E-state index contributed by atoms with van der Waals surface area (Å²) in [7, 11) is 1.53. The highest BCUT2D eigenvalue weighted by atomic mass is 19.1. The van der Waals surface area contributed by atoms with Crippen LogP contribution in [-0.2, 0) is 11.3 Å². The van der Waals surface area contributed by atoms with Gasteiger partial charge in [0.25, 0.3) is 0 Å². The van der Waals surface area contributed by atoms with Crippen molar-refractivity contribution in [2.45, 2.75) is 13.5 Å². The lowest BCUT2D eigenvalue weighted by molar-refractivity contribution is 0.178. The monoisotopic (exact) mass is 279 g/mol. The molecule has 0 amide bonds. The third-order valence-corrected chi connectivity index (χ3v) is 2.56. The Morgan fingerprint density at radius 2 is 1.80 bits per heavy atom. The number of anilines is 1. The number of nitrogens with zero attached hydrogens (tertiary/aromatic N) is 2. The number of rotatable bonds is 5. The van der Waals surface area contributed by atoms with Crippen LogP contribution in [0.25, 0.3) is 11.3 Å². The molecule has 0 aliphatic heterocycles. The van der Waals surface area contributed by atoms with E-state index in [2.05, 4.69) is 15.3 Å². The van der Waals surface area contributed by atoms with Gasteiger partial charge in [0.1, 0.15) is 24.1 Å². The fourth-order valence-electron chi connectivity index (χ4n) is 1.81. The molecule has 1 N–H and O–H groups in total. The van der Waals surface area contributed by atoms with Gasteiger partial charge in [-0.3, -0.25) is 0 Å². The van der Waals surface area contributed by atoms with Crippen LogP contribution in [-0.4, -0.2) is 23.6 Å². The lowest BCUT2D eigenvalue weighted by atomic mass is 10.1. The van der Waals surface area contributed by atoms with Crippen molar-refractivity contribution in [3.8, 4) is 11.3 Å². The average molecular weight is 279 g/mol. The van der Waals surface area contributed by atoms with Gasteiger partial charge in [-0.15, -0.1) is 0 Å². The third kappa shape index (κ3) is 3.48. The van der Waals surface area contributed by atoms with E-state index in [-0.39, 0.29) is 6.61 Å². The van der Waals surface area contributed by atoms with Crippen molar-refractivity contribution in [3.63, 3.8) is 0 Å². The van der Waals surface area contributed by atoms with Gasteiger partial charge < -0.3 is 10.1 Å². The summed E-state index contributed by atoms with van der Waals surface area (Å²) in [5.74, 6) is -0.242. The molecule has 20 heavy (non-hydrogen) atoms. The van der Waals surface area contributed by atoms with Gasteiger partial charge in [0, 0.05) is 31.4 Å². The van der Waals surface area contributed by atoms with E-state index in [1.807, 2.05) is 6.92 Å². The second-order valence-corrected chi connectivity index (χ2v) is 4.18. The highest BCUT2D eigenvalue weighted by Crippen LogP contribution is 2.22. The van der Waals surface area contributed by atoms with Gasteiger partial charge in [-0.2, -0.15) is 0 Å². The number of halogens is 2. The van der Waals surface area contributed by atoms with Crippen LogP contribution in [0.3, 0.4) is 0 Å². The van der Waals surface area contributed by atoms with Crippen LogP contribution in [0.4, 0.5) is 14.6 Å². The van der Waals surface area contributed by atoms with Gasteiger partial charge in [0.2, 0.25) is 0 Å². The highest BCUT2D eigenvalue weighted by Gasteiger charge is 2.09. The van der Waals surface area contributed by atoms with E-state index in [4.69, 9.17) is 4.74 Å². The van der Waals surface area contributed by atoms with Crippen LogP contribution in [0.5, 0.6) is 0 Å². The molecule has 4 nitrogen and oxygen atoms in total. The lowest BCUT2D eigenvalue weighted by Gasteiger charge is -2.09. The lowest BCUT2D eigenvalue weighted by Crippen LogP contribution is -2.05. The van der Waals surface area contributed by atoms with Crippen molar-refractivity contribution in [1.82, 2.24) is 9.97 Å². The van der Waals surface area contributed by atoms with Crippen molar-refractivity contribution < 1.29 is 13.5 Å². The minimum atomic E-state index is -0.642. The maximum Gasteiger partial charge on any atom is 0.157 e. The highest BCUT2D eigenvalue weighted by molar-refractivity contribution is 5.62. The molecule has 106 valence electrons. The summed E-state index contributed by atoms with van der Waals surface area (Å²) in [6, 6.07) is 4.94. The van der Waals surface area contributed by atoms with Crippen LogP contribution in [0.1, 0.15) is 12.7 Å². The molecule has 2 rings (SSSR count). The van der Waals surface area contributed by atoms with E-state index in [1.54, 1.807) is 6.07 Å². The standard InChI is InChI=1S/C14H15F2N3O/c1-3-17-13-7-12(18-14(19-13)8-20-2)9-4-10(15)6-11(16)5-9/h4-7H,3,8H2,1-2H3,(H,17,18,19). The van der Waals surface area contributed by atoms with Crippen LogP contribution >= 0.6 is 0 Å². The van der Waals surface area contributed by atoms with Crippen molar-refractivity contribution in [1.29, 1.82) is 0 Å². The van der Waals surface area contributed by atoms with Crippen molar-refractivity contribution >= 4 is 5.82 Å². The summed E-state index contributed by atoms with van der Waals surface area (Å²) in [4.78, 5) is 8.50. The molecule has 1 heterocycles. The summed E-state index contributed by atoms with van der Waals surface area (Å²) >= 11 is 0. The summed E-state index contributed by atoms with van der Waals surface area (Å²) < 4.78 is 31.6. The molecule has 1 aromatic heterocycles. The number of ether oxygens (including phenoxy) is 1. The second-order valence-electron chi connectivity index (χ2n) is 4.18. The Labute approximate surface area is 115 Å². The summed E-state index contributed by atoms with van der Waals surface area (Å²) in [6.45, 7) is 2.84. The Bertz CT molecular complexity index is 560. The first-order chi connectivity index (χ1) is 9.62. The fraction of sp³-hybridized carbons (Fsp3) is 0.286. The molecule has 0 saturated carbocycles. The number of hydrogen-bond donors (Lipinski definition) is 1. The molecule has 0 bridgehead atoms. The van der Waals surface area contributed by atoms with Crippen LogP contribution < -0.4 is 5.32 Å². The van der Waals surface area contributed by atoms with E-state index in [0.29, 0.717) is 29.4 Å². The Balaban J connectivity index is 2.48. The summed E-state index contributed by atoms with van der Waals surface area (Å²) in [6.07, 6.45) is 0. The zero-order chi connectivity index (χ0) is 14.5. The average Bonchev–Trinajstić information content (AvgIpc) is 2.38. The van der Waals surface area contributed by atoms with E-state index < -0.39 is 11.6 Å². The van der Waals surface area contributed by atoms with Gasteiger partial charge in [0.05, 0.1) is 5.69 Å². The number of benzene rings is 1. The molecule has 1 aromatic carbocycles. The largest absolute Gasteiger partial charge is 0.377 e. The van der Waals surface area contributed by atoms with Gasteiger partial charge in [-0.05, 0) is 19.1 Å². The quantitative estimate of drug-likeness (QED) is 0.914. The SMILES string of the molecule is CCNc1cc(-c2cc(F)cc(F)c2)nc(COC)n1. The molecule has 0 fully saturated rings. The molecule has 0 atom stereocenters. The minimum absolute atomic E-state index is 0.226. The van der Waals surface area contributed by atoms with Crippen molar-refractivity contribution in [3.05, 3.63) is 41.7 Å². The Hall–Kier alpha value is -2.08. The minimum Gasteiger partial charge on any atom is -0.377 e. The second kappa shape index (κ2) is 6.38. The molecular formula is C14H15F2N3O.